The maximum atomic E-state index is 11.8. The van der Waals surface area contributed by atoms with Crippen LogP contribution in [0.1, 0.15) is 29.8 Å². The highest BCUT2D eigenvalue weighted by Gasteiger charge is 2.19. The largest absolute Gasteiger partial charge is 0.351 e. The molecule has 94 valence electrons. The Morgan fingerprint density at radius 3 is 2.88 bits per heavy atom. The first kappa shape index (κ1) is 12.5. The Kier molecular flexibility index (Phi) is 4.07. The van der Waals surface area contributed by atoms with Gasteiger partial charge in [0.1, 0.15) is 5.69 Å². The molecule has 2 N–H and O–H groups in total. The number of aryl methyl sites for hydroxylation is 1. The third-order valence-corrected chi connectivity index (χ3v) is 3.06. The highest BCUT2D eigenvalue weighted by molar-refractivity contribution is 6.31. The minimum atomic E-state index is -0.0641. The lowest BCUT2D eigenvalue weighted by Crippen LogP contribution is -2.29. The molecule has 4 nitrogen and oxygen atoms in total. The molecule has 1 amide bonds. The first-order valence-corrected chi connectivity index (χ1v) is 6.38. The quantitative estimate of drug-likeness (QED) is 0.758. The molecule has 17 heavy (non-hydrogen) atoms. The molecule has 2 rings (SSSR count). The van der Waals surface area contributed by atoms with Gasteiger partial charge in [0.25, 0.3) is 5.91 Å². The zero-order valence-electron chi connectivity index (χ0n) is 10.0. The molecule has 0 radical (unpaired) electrons. The van der Waals surface area contributed by atoms with E-state index in [9.17, 15) is 4.79 Å². The molecule has 1 aromatic rings. The molecular formula is C12H18ClN3O. The third-order valence-electron chi connectivity index (χ3n) is 2.85. The van der Waals surface area contributed by atoms with Crippen molar-refractivity contribution >= 4 is 17.5 Å². The molecule has 5 heteroatoms. The molecule has 1 aliphatic rings. The number of carbonyl (C=O) groups excluding carboxylic acids is 1. The molecule has 0 spiro atoms. The zero-order valence-corrected chi connectivity index (χ0v) is 10.8. The first-order valence-electron chi connectivity index (χ1n) is 6.00. The van der Waals surface area contributed by atoms with Crippen LogP contribution in [0.5, 0.6) is 0 Å². The van der Waals surface area contributed by atoms with Crippen LogP contribution in [-0.2, 0) is 7.05 Å². The number of hydrogen-bond donors (Lipinski definition) is 2. The maximum absolute atomic E-state index is 11.8. The third kappa shape index (κ3) is 3.75. The molecule has 0 bridgehead atoms. The van der Waals surface area contributed by atoms with Gasteiger partial charge in [-0.05, 0) is 31.9 Å². The van der Waals surface area contributed by atoms with Crippen molar-refractivity contribution in [3.8, 4) is 0 Å². The van der Waals surface area contributed by atoms with E-state index in [4.69, 9.17) is 11.6 Å². The fraction of sp³-hybridized carbons (Fsp3) is 0.583. The molecule has 0 atom stereocenters. The van der Waals surface area contributed by atoms with Gasteiger partial charge in [0, 0.05) is 25.8 Å². The van der Waals surface area contributed by atoms with Crippen molar-refractivity contribution in [1.82, 2.24) is 15.2 Å². The van der Waals surface area contributed by atoms with Gasteiger partial charge in [-0.25, -0.2) is 0 Å². The summed E-state index contributed by atoms with van der Waals surface area (Å²) in [5, 5.41) is 6.89. The van der Waals surface area contributed by atoms with Crippen molar-refractivity contribution in [1.29, 1.82) is 0 Å². The van der Waals surface area contributed by atoms with Gasteiger partial charge in [0.15, 0.2) is 0 Å². The highest BCUT2D eigenvalue weighted by Crippen LogP contribution is 2.18. The molecule has 0 aliphatic heterocycles. The minimum absolute atomic E-state index is 0.0641. The second-order valence-electron chi connectivity index (χ2n) is 4.49. The monoisotopic (exact) mass is 255 g/mol. The number of carbonyl (C=O) groups is 1. The van der Waals surface area contributed by atoms with Crippen molar-refractivity contribution in [2.24, 2.45) is 7.05 Å². The van der Waals surface area contributed by atoms with E-state index in [0.717, 1.165) is 19.0 Å². The predicted molar refractivity (Wildman–Crippen MR) is 68.4 cm³/mol. The van der Waals surface area contributed by atoms with Crippen LogP contribution in [0.3, 0.4) is 0 Å². The summed E-state index contributed by atoms with van der Waals surface area (Å²) in [7, 11) is 1.81. The summed E-state index contributed by atoms with van der Waals surface area (Å²) in [6.07, 6.45) is 5.29. The summed E-state index contributed by atoms with van der Waals surface area (Å²) in [6, 6.07) is 2.41. The van der Waals surface area contributed by atoms with Crippen molar-refractivity contribution in [2.45, 2.75) is 25.3 Å². The van der Waals surface area contributed by atoms with E-state index in [1.54, 1.807) is 16.8 Å². The summed E-state index contributed by atoms with van der Waals surface area (Å²) >= 11 is 5.82. The molecule has 1 heterocycles. The maximum Gasteiger partial charge on any atom is 0.267 e. The molecule has 0 aromatic carbocycles. The fourth-order valence-corrected chi connectivity index (χ4v) is 1.97. The number of aromatic nitrogens is 1. The average Bonchev–Trinajstić information content (AvgIpc) is 3.03. The lowest BCUT2D eigenvalue weighted by Gasteiger charge is -2.06. The molecule has 1 aromatic heterocycles. The van der Waals surface area contributed by atoms with E-state index in [1.165, 1.54) is 12.8 Å². The van der Waals surface area contributed by atoms with E-state index in [0.29, 0.717) is 17.3 Å². The SMILES string of the molecule is Cn1cc(Cl)cc1C(=O)NCCCNC1CC1. The van der Waals surface area contributed by atoms with Gasteiger partial charge in [-0.3, -0.25) is 4.79 Å². The van der Waals surface area contributed by atoms with Crippen molar-refractivity contribution in [3.05, 3.63) is 23.0 Å². The molecule has 1 aliphatic carbocycles. The number of rotatable bonds is 6. The first-order chi connectivity index (χ1) is 8.16. The number of amides is 1. The van der Waals surface area contributed by atoms with E-state index < -0.39 is 0 Å². The van der Waals surface area contributed by atoms with Crippen molar-refractivity contribution < 1.29 is 4.79 Å². The smallest absolute Gasteiger partial charge is 0.267 e. The summed E-state index contributed by atoms with van der Waals surface area (Å²) in [4.78, 5) is 11.8. The number of hydrogen-bond acceptors (Lipinski definition) is 2. The highest BCUT2D eigenvalue weighted by atomic mass is 35.5. The van der Waals surface area contributed by atoms with Crippen LogP contribution in [0.25, 0.3) is 0 Å². The van der Waals surface area contributed by atoms with E-state index >= 15 is 0 Å². The van der Waals surface area contributed by atoms with Crippen molar-refractivity contribution in [2.75, 3.05) is 13.1 Å². The molecule has 1 saturated carbocycles. The molecule has 1 fully saturated rings. The Morgan fingerprint density at radius 2 is 2.29 bits per heavy atom. The van der Waals surface area contributed by atoms with Crippen LogP contribution >= 0.6 is 11.6 Å². The van der Waals surface area contributed by atoms with Gasteiger partial charge in [-0.15, -0.1) is 0 Å². The van der Waals surface area contributed by atoms with E-state index in [-0.39, 0.29) is 5.91 Å². The Labute approximate surface area is 106 Å². The summed E-state index contributed by atoms with van der Waals surface area (Å²) < 4.78 is 1.74. The fourth-order valence-electron chi connectivity index (χ4n) is 1.72. The summed E-state index contributed by atoms with van der Waals surface area (Å²) in [5.74, 6) is -0.0641. The number of halogens is 1. The van der Waals surface area contributed by atoms with Crippen LogP contribution in [0.15, 0.2) is 12.3 Å². The van der Waals surface area contributed by atoms with E-state index in [2.05, 4.69) is 10.6 Å². The lowest BCUT2D eigenvalue weighted by molar-refractivity contribution is 0.0945. The number of nitrogens with one attached hydrogen (secondary N) is 2. The predicted octanol–water partition coefficient (Wildman–Crippen LogP) is 1.55. The van der Waals surface area contributed by atoms with Crippen LogP contribution in [0, 0.1) is 0 Å². The second-order valence-corrected chi connectivity index (χ2v) is 4.93. The summed E-state index contributed by atoms with van der Waals surface area (Å²) in [6.45, 7) is 1.67. The van der Waals surface area contributed by atoms with Crippen LogP contribution in [-0.4, -0.2) is 29.6 Å². The van der Waals surface area contributed by atoms with Gasteiger partial charge in [-0.2, -0.15) is 0 Å². The zero-order chi connectivity index (χ0) is 12.3. The standard InChI is InChI=1S/C12H18ClN3O/c1-16-8-9(13)7-11(16)12(17)15-6-2-5-14-10-3-4-10/h7-8,10,14H,2-6H2,1H3,(H,15,17). The Hall–Kier alpha value is -1.00. The van der Waals surface area contributed by atoms with Crippen LogP contribution in [0.2, 0.25) is 5.02 Å². The van der Waals surface area contributed by atoms with Gasteiger partial charge < -0.3 is 15.2 Å². The van der Waals surface area contributed by atoms with Gasteiger partial charge in [0.2, 0.25) is 0 Å². The molecule has 0 unspecified atom stereocenters. The topological polar surface area (TPSA) is 46.1 Å². The molecule has 0 saturated heterocycles. The van der Waals surface area contributed by atoms with Crippen LogP contribution in [0.4, 0.5) is 0 Å². The van der Waals surface area contributed by atoms with Gasteiger partial charge >= 0.3 is 0 Å². The minimum Gasteiger partial charge on any atom is -0.351 e. The summed E-state index contributed by atoms with van der Waals surface area (Å²) in [5.41, 5.74) is 0.602. The van der Waals surface area contributed by atoms with E-state index in [1.807, 2.05) is 7.05 Å². The Bertz CT molecular complexity index is 398. The lowest BCUT2D eigenvalue weighted by atomic mass is 10.3. The van der Waals surface area contributed by atoms with Crippen molar-refractivity contribution in [3.63, 3.8) is 0 Å². The van der Waals surface area contributed by atoms with Gasteiger partial charge in [0.05, 0.1) is 5.02 Å². The van der Waals surface area contributed by atoms with Crippen LogP contribution < -0.4 is 10.6 Å². The Balaban J connectivity index is 1.67. The number of nitrogens with zero attached hydrogens (tertiary/aromatic N) is 1. The molecular weight excluding hydrogens is 238 g/mol. The average molecular weight is 256 g/mol. The Morgan fingerprint density at radius 1 is 1.53 bits per heavy atom. The second kappa shape index (κ2) is 5.56. The van der Waals surface area contributed by atoms with Gasteiger partial charge in [-0.1, -0.05) is 11.6 Å². The normalized spacial score (nSPS) is 14.9.